The first-order valence-corrected chi connectivity index (χ1v) is 6.09. The van der Waals surface area contributed by atoms with Gasteiger partial charge < -0.3 is 0 Å². The third kappa shape index (κ3) is 3.11. The monoisotopic (exact) mass is 226 g/mol. The average Bonchev–Trinajstić information content (AvgIpc) is 2.56. The van der Waals surface area contributed by atoms with Gasteiger partial charge in [0.1, 0.15) is 5.01 Å². The van der Waals surface area contributed by atoms with Crippen molar-refractivity contribution in [3.8, 4) is 0 Å². The maximum absolute atomic E-state index is 11.3. The Morgan fingerprint density at radius 3 is 2.40 bits per heavy atom. The molecule has 1 aromatic rings. The molecule has 1 aromatic heterocycles. The van der Waals surface area contributed by atoms with Crippen molar-refractivity contribution >= 4 is 17.1 Å². The zero-order valence-electron chi connectivity index (χ0n) is 9.83. The number of hydrogen-bond donors (Lipinski definition) is 0. The van der Waals surface area contributed by atoms with E-state index >= 15 is 0 Å². The first kappa shape index (κ1) is 12.3. The maximum Gasteiger partial charge on any atom is 0.171 e. The van der Waals surface area contributed by atoms with Crippen molar-refractivity contribution in [2.24, 2.45) is 0 Å². The summed E-state index contributed by atoms with van der Waals surface area (Å²) in [6.07, 6.45) is 0. The number of carbonyl (C=O) groups excluding carboxylic acids is 1. The molecule has 0 aromatic carbocycles. The van der Waals surface area contributed by atoms with E-state index in [0.29, 0.717) is 0 Å². The molecule has 3 nitrogen and oxygen atoms in total. The van der Waals surface area contributed by atoms with Crippen LogP contribution < -0.4 is 0 Å². The largest absolute Gasteiger partial charge is 0.297 e. The topological polar surface area (TPSA) is 33.2 Å². The molecule has 0 N–H and O–H groups in total. The number of aromatic nitrogens is 1. The summed E-state index contributed by atoms with van der Waals surface area (Å²) in [7, 11) is 0. The Morgan fingerprint density at radius 1 is 1.40 bits per heavy atom. The quantitative estimate of drug-likeness (QED) is 0.723. The van der Waals surface area contributed by atoms with Gasteiger partial charge in [-0.3, -0.25) is 9.69 Å². The highest BCUT2D eigenvalue weighted by Gasteiger charge is 2.12. The van der Waals surface area contributed by atoms with Crippen molar-refractivity contribution in [1.29, 1.82) is 0 Å². The number of nitrogens with zero attached hydrogens (tertiary/aromatic N) is 2. The minimum Gasteiger partial charge on any atom is -0.297 e. The molecule has 0 radical (unpaired) electrons. The van der Waals surface area contributed by atoms with Gasteiger partial charge in [-0.2, -0.15) is 0 Å². The number of aryl methyl sites for hydroxylation is 1. The van der Waals surface area contributed by atoms with Gasteiger partial charge in [0, 0.05) is 6.92 Å². The Bertz CT molecular complexity index is 342. The molecule has 15 heavy (non-hydrogen) atoms. The van der Waals surface area contributed by atoms with E-state index < -0.39 is 0 Å². The molecule has 0 aliphatic heterocycles. The zero-order chi connectivity index (χ0) is 11.4. The van der Waals surface area contributed by atoms with Crippen LogP contribution in [0.1, 0.15) is 41.1 Å². The predicted octanol–water partition coefficient (Wildman–Crippen LogP) is 2.50. The molecule has 84 valence electrons. The van der Waals surface area contributed by atoms with E-state index in [1.54, 1.807) is 6.92 Å². The van der Waals surface area contributed by atoms with Gasteiger partial charge in [0.05, 0.1) is 17.1 Å². The van der Waals surface area contributed by atoms with Crippen molar-refractivity contribution in [2.45, 2.75) is 34.2 Å². The first-order chi connectivity index (χ1) is 7.08. The molecule has 1 rings (SSSR count). The van der Waals surface area contributed by atoms with Crippen molar-refractivity contribution in [3.05, 3.63) is 15.6 Å². The van der Waals surface area contributed by atoms with E-state index in [2.05, 4.69) is 23.7 Å². The summed E-state index contributed by atoms with van der Waals surface area (Å²) in [5.41, 5.74) is 0.870. The van der Waals surface area contributed by atoms with Crippen LogP contribution in [0.15, 0.2) is 0 Å². The van der Waals surface area contributed by atoms with Crippen LogP contribution in [0, 0.1) is 6.92 Å². The second kappa shape index (κ2) is 5.37. The summed E-state index contributed by atoms with van der Waals surface area (Å²) >= 11 is 1.52. The molecular weight excluding hydrogens is 208 g/mol. The zero-order valence-corrected chi connectivity index (χ0v) is 10.6. The Kier molecular flexibility index (Phi) is 4.42. The van der Waals surface area contributed by atoms with E-state index in [4.69, 9.17) is 0 Å². The van der Waals surface area contributed by atoms with E-state index in [-0.39, 0.29) is 5.78 Å². The van der Waals surface area contributed by atoms with E-state index in [1.807, 2.05) is 6.92 Å². The first-order valence-electron chi connectivity index (χ1n) is 5.28. The van der Waals surface area contributed by atoms with Crippen LogP contribution >= 0.6 is 11.3 Å². The fraction of sp³-hybridized carbons (Fsp3) is 0.636. The Hall–Kier alpha value is -0.740. The van der Waals surface area contributed by atoms with Gasteiger partial charge in [-0.15, -0.1) is 11.3 Å². The van der Waals surface area contributed by atoms with Crippen LogP contribution in [-0.2, 0) is 6.54 Å². The van der Waals surface area contributed by atoms with Gasteiger partial charge in [-0.25, -0.2) is 4.98 Å². The maximum atomic E-state index is 11.3. The number of thiazole rings is 1. The second-order valence-electron chi connectivity index (χ2n) is 3.54. The highest BCUT2D eigenvalue weighted by molar-refractivity contribution is 7.13. The molecule has 0 atom stereocenters. The van der Waals surface area contributed by atoms with E-state index in [0.717, 1.165) is 35.2 Å². The smallest absolute Gasteiger partial charge is 0.171 e. The van der Waals surface area contributed by atoms with Crippen LogP contribution in [0.3, 0.4) is 0 Å². The van der Waals surface area contributed by atoms with Gasteiger partial charge in [-0.1, -0.05) is 13.8 Å². The molecule has 0 saturated heterocycles. The normalized spacial score (nSPS) is 11.0. The van der Waals surface area contributed by atoms with Crippen LogP contribution in [0.25, 0.3) is 0 Å². The van der Waals surface area contributed by atoms with Crippen molar-refractivity contribution in [1.82, 2.24) is 9.88 Å². The number of rotatable bonds is 5. The van der Waals surface area contributed by atoms with Gasteiger partial charge in [0.2, 0.25) is 0 Å². The SMILES string of the molecule is CCN(CC)Cc1nc(C)c(C(C)=O)s1. The van der Waals surface area contributed by atoms with E-state index in [9.17, 15) is 4.79 Å². The lowest BCUT2D eigenvalue weighted by Gasteiger charge is -2.15. The molecule has 0 bridgehead atoms. The van der Waals surface area contributed by atoms with Crippen molar-refractivity contribution in [3.63, 3.8) is 0 Å². The lowest BCUT2D eigenvalue weighted by Crippen LogP contribution is -2.21. The Balaban J connectivity index is 2.79. The summed E-state index contributed by atoms with van der Waals surface area (Å²) in [6, 6.07) is 0. The highest BCUT2D eigenvalue weighted by Crippen LogP contribution is 2.19. The fourth-order valence-corrected chi connectivity index (χ4v) is 2.49. The lowest BCUT2D eigenvalue weighted by atomic mass is 10.3. The summed E-state index contributed by atoms with van der Waals surface area (Å²) < 4.78 is 0. The molecule has 0 unspecified atom stereocenters. The van der Waals surface area contributed by atoms with Crippen LogP contribution in [0.2, 0.25) is 0 Å². The standard InChI is InChI=1S/C11H18N2OS/c1-5-13(6-2)7-10-12-8(3)11(15-10)9(4)14/h5-7H2,1-4H3. The van der Waals surface area contributed by atoms with Crippen LogP contribution in [0.4, 0.5) is 0 Å². The van der Waals surface area contributed by atoms with Gasteiger partial charge in [-0.05, 0) is 20.0 Å². The average molecular weight is 226 g/mol. The van der Waals surface area contributed by atoms with E-state index in [1.165, 1.54) is 11.3 Å². The number of hydrogen-bond acceptors (Lipinski definition) is 4. The third-order valence-corrected chi connectivity index (χ3v) is 3.66. The van der Waals surface area contributed by atoms with Gasteiger partial charge in [0.25, 0.3) is 0 Å². The molecule has 0 spiro atoms. The van der Waals surface area contributed by atoms with Gasteiger partial charge >= 0.3 is 0 Å². The molecule has 0 saturated carbocycles. The minimum atomic E-state index is 0.121. The van der Waals surface area contributed by atoms with Gasteiger partial charge in [0.15, 0.2) is 5.78 Å². The second-order valence-corrected chi connectivity index (χ2v) is 4.62. The molecular formula is C11H18N2OS. The minimum absolute atomic E-state index is 0.121. The van der Waals surface area contributed by atoms with Crippen molar-refractivity contribution in [2.75, 3.05) is 13.1 Å². The summed E-state index contributed by atoms with van der Waals surface area (Å²) in [5, 5.41) is 1.04. The van der Waals surface area contributed by atoms with Crippen LogP contribution in [-0.4, -0.2) is 28.8 Å². The molecule has 0 amide bonds. The summed E-state index contributed by atoms with van der Waals surface area (Å²) in [5.74, 6) is 0.121. The molecule has 1 heterocycles. The molecule has 0 aliphatic carbocycles. The van der Waals surface area contributed by atoms with Crippen molar-refractivity contribution < 1.29 is 4.79 Å². The molecule has 4 heteroatoms. The Labute approximate surface area is 95.1 Å². The molecule has 0 aliphatic rings. The fourth-order valence-electron chi connectivity index (χ4n) is 1.49. The lowest BCUT2D eigenvalue weighted by molar-refractivity contribution is 0.102. The van der Waals surface area contributed by atoms with Crippen LogP contribution in [0.5, 0.6) is 0 Å². The number of carbonyl (C=O) groups is 1. The third-order valence-electron chi connectivity index (χ3n) is 2.41. The predicted molar refractivity (Wildman–Crippen MR) is 63.5 cm³/mol. The number of ketones is 1. The Morgan fingerprint density at radius 2 is 2.00 bits per heavy atom. The summed E-state index contributed by atoms with van der Waals surface area (Å²) in [4.78, 5) is 18.8. The highest BCUT2D eigenvalue weighted by atomic mass is 32.1. The molecule has 0 fully saturated rings. The number of Topliss-reactive ketones (excluding diaryl/α,β-unsaturated/α-hetero) is 1. The summed E-state index contributed by atoms with van der Waals surface area (Å²) in [6.45, 7) is 10.7.